The van der Waals surface area contributed by atoms with Crippen LogP contribution in [0.25, 0.3) is 22.0 Å². The summed E-state index contributed by atoms with van der Waals surface area (Å²) in [5.74, 6) is 0. The molecule has 1 aliphatic rings. The first-order valence-corrected chi connectivity index (χ1v) is 10.8. The zero-order valence-electron chi connectivity index (χ0n) is 18.0. The molecule has 0 amide bonds. The van der Waals surface area contributed by atoms with Gasteiger partial charge in [0, 0.05) is 0 Å². The van der Waals surface area contributed by atoms with Gasteiger partial charge in [-0.15, -0.1) is 0 Å². The van der Waals surface area contributed by atoms with E-state index in [-0.39, 0.29) is 0 Å². The van der Waals surface area contributed by atoms with E-state index in [1.807, 2.05) is 41.5 Å². The van der Waals surface area contributed by atoms with Gasteiger partial charge in [0.05, 0.1) is 0 Å². The van der Waals surface area contributed by atoms with Crippen LogP contribution in [0.2, 0.25) is 0 Å². The molecule has 0 fully saturated rings. The van der Waals surface area contributed by atoms with Crippen LogP contribution in [0.4, 0.5) is 0 Å². The van der Waals surface area contributed by atoms with E-state index in [9.17, 15) is 0 Å². The summed E-state index contributed by atoms with van der Waals surface area (Å²) in [7, 11) is 0. The molecule has 0 saturated heterocycles. The zero-order valence-corrected chi connectivity index (χ0v) is 19.6. The molecule has 1 atom stereocenters. The van der Waals surface area contributed by atoms with Gasteiger partial charge >= 0.3 is 78.6 Å². The van der Waals surface area contributed by atoms with Crippen LogP contribution in [-0.2, 0) is 20.4 Å². The van der Waals surface area contributed by atoms with E-state index < -0.39 is 0 Å². The van der Waals surface area contributed by atoms with Crippen molar-refractivity contribution in [3.63, 3.8) is 0 Å². The Bertz CT molecular complexity index is 427. The number of nitrogens with zero attached hydrogens (tertiary/aromatic N) is 3. The van der Waals surface area contributed by atoms with Gasteiger partial charge in [0.1, 0.15) is 0 Å². The first kappa shape index (κ1) is 27.8. The zero-order chi connectivity index (χ0) is 20.2. The minimum atomic E-state index is 0.616. The number of hydrogen-bond acceptors (Lipinski definition) is 0. The quantitative estimate of drug-likeness (QED) is 0.477. The second-order valence-electron chi connectivity index (χ2n) is 5.48. The molecule has 0 N–H and O–H groups in total. The summed E-state index contributed by atoms with van der Waals surface area (Å²) in [6, 6.07) is 6.52. The molecule has 1 unspecified atom stereocenters. The van der Waals surface area contributed by atoms with Crippen molar-refractivity contribution in [1.29, 1.82) is 0 Å². The molecule has 1 aromatic rings. The van der Waals surface area contributed by atoms with Crippen molar-refractivity contribution in [3.8, 4) is 0 Å². The van der Waals surface area contributed by atoms with Gasteiger partial charge in [-0.1, -0.05) is 41.5 Å². The molecule has 0 spiro atoms. The molecule has 0 bridgehead atoms. The van der Waals surface area contributed by atoms with Gasteiger partial charge in [-0.2, -0.15) is 39.3 Å². The molecule has 0 saturated carbocycles. The van der Waals surface area contributed by atoms with Crippen LogP contribution in [0.1, 0.15) is 62.5 Å². The van der Waals surface area contributed by atoms with Crippen molar-refractivity contribution in [3.05, 3.63) is 56.9 Å². The molecule has 1 aliphatic carbocycles. The van der Waals surface area contributed by atoms with E-state index >= 15 is 0 Å². The Labute approximate surface area is 175 Å². The number of allylic oxidation sites excluding steroid dienone is 1. The van der Waals surface area contributed by atoms with Crippen molar-refractivity contribution in [1.82, 2.24) is 0 Å². The summed E-state index contributed by atoms with van der Waals surface area (Å²) in [6.07, 6.45) is 4.49. The maximum absolute atomic E-state index is 3.97. The SMILES string of the molecule is CC[N-]CC.CC[N-]CC.CC[N-]CC.Cc1cccc2c1C=C[CH]2[Ti+3]. The average Bonchev–Trinajstić information content (AvgIpc) is 3.02. The maximum atomic E-state index is 3.97. The number of rotatable bonds is 6. The van der Waals surface area contributed by atoms with Gasteiger partial charge in [0.2, 0.25) is 0 Å². The Morgan fingerprint density at radius 2 is 1.19 bits per heavy atom. The predicted octanol–water partition coefficient (Wildman–Crippen LogP) is 6.81. The molecule has 0 aromatic heterocycles. The van der Waals surface area contributed by atoms with Crippen LogP contribution in [0.15, 0.2) is 24.3 Å². The van der Waals surface area contributed by atoms with E-state index in [4.69, 9.17) is 0 Å². The van der Waals surface area contributed by atoms with Crippen LogP contribution in [0, 0.1) is 6.92 Å². The third-order valence-electron chi connectivity index (χ3n) is 3.49. The molecule has 2 rings (SSSR count). The van der Waals surface area contributed by atoms with E-state index in [1.54, 1.807) is 0 Å². The molecule has 26 heavy (non-hydrogen) atoms. The first-order chi connectivity index (χ1) is 12.5. The molecule has 3 nitrogen and oxygen atoms in total. The normalized spacial score (nSPS) is 13.5. The molecule has 0 radical (unpaired) electrons. The van der Waals surface area contributed by atoms with E-state index in [2.05, 4.69) is 73.7 Å². The van der Waals surface area contributed by atoms with Gasteiger partial charge < -0.3 is 16.0 Å². The van der Waals surface area contributed by atoms with Gasteiger partial charge in [-0.25, -0.2) is 0 Å². The number of benzene rings is 1. The Morgan fingerprint density at radius 3 is 1.50 bits per heavy atom. The molecule has 0 aliphatic heterocycles. The molecular formula is C22H39N3Ti. The summed E-state index contributed by atoms with van der Waals surface area (Å²) in [5, 5.41) is 11.9. The van der Waals surface area contributed by atoms with Crippen LogP contribution in [0.5, 0.6) is 0 Å². The standard InChI is InChI=1S/C10H9.3C4H10N.Ti/c1-8-4-2-5-9-6-3-7-10(8)9;3*1-3-5-4-2;/h2-7H,1H3;3*3-4H2,1-2H3;/q;3*-1;+3. The summed E-state index contributed by atoms with van der Waals surface area (Å²) in [4.78, 5) is 0. The Hall–Kier alpha value is -0.446. The Kier molecular flexibility index (Phi) is 22.3. The molecule has 4 heteroatoms. The fraction of sp³-hybridized carbons (Fsp3) is 0.636. The van der Waals surface area contributed by atoms with Crippen LogP contribution in [0.3, 0.4) is 0 Å². The topological polar surface area (TPSA) is 42.3 Å². The fourth-order valence-corrected chi connectivity index (χ4v) is 2.71. The summed E-state index contributed by atoms with van der Waals surface area (Å²) >= 11 is 2.24. The fourth-order valence-electron chi connectivity index (χ4n) is 2.17. The molecule has 146 valence electrons. The van der Waals surface area contributed by atoms with Crippen molar-refractivity contribution >= 4 is 6.08 Å². The van der Waals surface area contributed by atoms with E-state index in [0.717, 1.165) is 39.3 Å². The molecule has 0 heterocycles. The predicted molar refractivity (Wildman–Crippen MR) is 116 cm³/mol. The third-order valence-corrected chi connectivity index (χ3v) is 4.28. The van der Waals surface area contributed by atoms with Crippen molar-refractivity contribution < 1.29 is 20.4 Å². The molecular weight excluding hydrogens is 354 g/mol. The van der Waals surface area contributed by atoms with Crippen LogP contribution >= 0.6 is 0 Å². The minimum absolute atomic E-state index is 0.616. The first-order valence-electron chi connectivity index (χ1n) is 9.92. The summed E-state index contributed by atoms with van der Waals surface area (Å²) < 4.78 is 0.616. The monoisotopic (exact) mass is 393 g/mol. The van der Waals surface area contributed by atoms with Gasteiger partial charge in [0.15, 0.2) is 0 Å². The van der Waals surface area contributed by atoms with Gasteiger partial charge in [-0.3, -0.25) is 0 Å². The van der Waals surface area contributed by atoms with E-state index in [0.29, 0.717) is 4.22 Å². The van der Waals surface area contributed by atoms with Crippen molar-refractivity contribution in [2.75, 3.05) is 39.3 Å². The second-order valence-corrected chi connectivity index (χ2v) is 6.45. The average molecular weight is 393 g/mol. The van der Waals surface area contributed by atoms with Gasteiger partial charge in [-0.05, 0) is 0 Å². The van der Waals surface area contributed by atoms with Crippen LogP contribution < -0.4 is 0 Å². The summed E-state index contributed by atoms with van der Waals surface area (Å²) in [6.45, 7) is 20.3. The van der Waals surface area contributed by atoms with E-state index in [1.165, 1.54) is 16.7 Å². The summed E-state index contributed by atoms with van der Waals surface area (Å²) in [5.41, 5.74) is 4.30. The van der Waals surface area contributed by atoms with Crippen molar-refractivity contribution in [2.24, 2.45) is 0 Å². The Morgan fingerprint density at radius 1 is 0.769 bits per heavy atom. The number of aryl methyl sites for hydroxylation is 1. The van der Waals surface area contributed by atoms with Gasteiger partial charge in [0.25, 0.3) is 0 Å². The Balaban J connectivity index is 0. The second kappa shape index (κ2) is 20.9. The molecule has 1 aromatic carbocycles. The van der Waals surface area contributed by atoms with Crippen molar-refractivity contribution in [2.45, 2.75) is 52.7 Å². The number of fused-ring (bicyclic) bond motifs is 1. The third kappa shape index (κ3) is 14.7. The number of hydrogen-bond donors (Lipinski definition) is 0. The van der Waals surface area contributed by atoms with Crippen LogP contribution in [-0.4, -0.2) is 39.3 Å².